The molecule has 0 atom stereocenters. The molecule has 0 spiro atoms. The zero-order valence-electron chi connectivity index (χ0n) is 13.7. The van der Waals surface area contributed by atoms with Crippen LogP contribution in [-0.4, -0.2) is 26.9 Å². The second kappa shape index (κ2) is 6.86. The van der Waals surface area contributed by atoms with E-state index in [9.17, 15) is 0 Å². The maximum atomic E-state index is 5.12. The molecule has 0 radical (unpaired) electrons. The van der Waals surface area contributed by atoms with Crippen LogP contribution in [0.3, 0.4) is 0 Å². The molecule has 0 aliphatic carbocycles. The van der Waals surface area contributed by atoms with Gasteiger partial charge in [-0.25, -0.2) is 9.97 Å². The first-order valence-electron chi connectivity index (χ1n) is 7.84. The average molecular weight is 348 g/mol. The Labute approximate surface area is 149 Å². The van der Waals surface area contributed by atoms with Gasteiger partial charge in [0, 0.05) is 41.2 Å². The lowest BCUT2D eigenvalue weighted by Gasteiger charge is -2.05. The zero-order valence-corrected chi connectivity index (χ0v) is 14.5. The molecule has 6 heteroatoms. The summed E-state index contributed by atoms with van der Waals surface area (Å²) in [4.78, 5) is 8.58. The first kappa shape index (κ1) is 15.5. The van der Waals surface area contributed by atoms with Gasteiger partial charge >= 0.3 is 0 Å². The molecule has 25 heavy (non-hydrogen) atoms. The van der Waals surface area contributed by atoms with Gasteiger partial charge < -0.3 is 4.74 Å². The molecule has 0 unspecified atom stereocenters. The fourth-order valence-corrected chi connectivity index (χ4v) is 3.21. The van der Waals surface area contributed by atoms with Crippen molar-refractivity contribution in [3.63, 3.8) is 0 Å². The highest BCUT2D eigenvalue weighted by Gasteiger charge is 2.06. The highest BCUT2D eigenvalue weighted by atomic mass is 32.1. The molecule has 3 heterocycles. The maximum Gasteiger partial charge on any atom is 0.212 e. The van der Waals surface area contributed by atoms with E-state index in [4.69, 9.17) is 4.74 Å². The van der Waals surface area contributed by atoms with Crippen molar-refractivity contribution < 1.29 is 4.74 Å². The predicted octanol–water partition coefficient (Wildman–Crippen LogP) is 4.13. The summed E-state index contributed by atoms with van der Waals surface area (Å²) in [5.74, 6) is 0.612. The third kappa shape index (κ3) is 3.44. The monoisotopic (exact) mass is 348 g/mol. The zero-order chi connectivity index (χ0) is 17.1. The Kier molecular flexibility index (Phi) is 4.26. The Hall–Kier alpha value is -2.99. The normalized spacial score (nSPS) is 10.8. The van der Waals surface area contributed by atoms with E-state index in [0.29, 0.717) is 12.4 Å². The smallest absolute Gasteiger partial charge is 0.212 e. The standard InChI is InChI=1S/C19H16N4OS/c1-24-18-6-5-16(12-21-18)14-3-2-4-15(11-14)17-7-9-23(22-17)13-19-20-8-10-25-19/h2-12H,13H2,1H3. The van der Waals surface area contributed by atoms with Crippen molar-refractivity contribution in [2.75, 3.05) is 7.11 Å². The SMILES string of the molecule is COc1ccc(-c2cccc(-c3ccn(Cc4nccs4)n3)c2)cn1. The van der Waals surface area contributed by atoms with Gasteiger partial charge in [0.05, 0.1) is 19.3 Å². The first-order chi connectivity index (χ1) is 12.3. The maximum absolute atomic E-state index is 5.12. The van der Waals surface area contributed by atoms with Crippen molar-refractivity contribution in [3.8, 4) is 28.3 Å². The number of hydrogen-bond acceptors (Lipinski definition) is 5. The number of methoxy groups -OCH3 is 1. The number of rotatable bonds is 5. The molecule has 0 aliphatic rings. The summed E-state index contributed by atoms with van der Waals surface area (Å²) in [6.07, 6.45) is 5.62. The van der Waals surface area contributed by atoms with Crippen LogP contribution in [0, 0.1) is 0 Å². The quantitative estimate of drug-likeness (QED) is 0.544. The highest BCUT2D eigenvalue weighted by Crippen LogP contribution is 2.26. The molecule has 0 saturated carbocycles. The number of nitrogens with zero attached hydrogens (tertiary/aromatic N) is 4. The fourth-order valence-electron chi connectivity index (χ4n) is 2.60. The third-order valence-electron chi connectivity index (χ3n) is 3.86. The van der Waals surface area contributed by atoms with Gasteiger partial charge in [0.2, 0.25) is 5.88 Å². The molecular weight excluding hydrogens is 332 g/mol. The van der Waals surface area contributed by atoms with Crippen LogP contribution in [0.2, 0.25) is 0 Å². The Morgan fingerprint density at radius 3 is 2.72 bits per heavy atom. The third-order valence-corrected chi connectivity index (χ3v) is 4.62. The Morgan fingerprint density at radius 1 is 1.04 bits per heavy atom. The van der Waals surface area contributed by atoms with Crippen LogP contribution in [0.1, 0.15) is 5.01 Å². The number of pyridine rings is 1. The van der Waals surface area contributed by atoms with Crippen LogP contribution < -0.4 is 4.74 Å². The summed E-state index contributed by atoms with van der Waals surface area (Å²) in [5, 5.41) is 7.69. The first-order valence-corrected chi connectivity index (χ1v) is 8.72. The van der Waals surface area contributed by atoms with Crippen LogP contribution in [0.25, 0.3) is 22.4 Å². The van der Waals surface area contributed by atoms with Crippen molar-refractivity contribution in [2.45, 2.75) is 6.54 Å². The molecule has 5 nitrogen and oxygen atoms in total. The fraction of sp³-hybridized carbons (Fsp3) is 0.105. The van der Waals surface area contributed by atoms with Gasteiger partial charge in [-0.1, -0.05) is 18.2 Å². The molecule has 0 saturated heterocycles. The minimum atomic E-state index is 0.612. The molecule has 0 fully saturated rings. The largest absolute Gasteiger partial charge is 0.481 e. The predicted molar refractivity (Wildman–Crippen MR) is 98.7 cm³/mol. The van der Waals surface area contributed by atoms with E-state index in [1.54, 1.807) is 18.4 Å². The second-order valence-electron chi connectivity index (χ2n) is 5.49. The van der Waals surface area contributed by atoms with Gasteiger partial charge in [-0.2, -0.15) is 5.10 Å². The van der Waals surface area contributed by atoms with Gasteiger partial charge in [0.1, 0.15) is 5.01 Å². The summed E-state index contributed by atoms with van der Waals surface area (Å²) < 4.78 is 7.03. The van der Waals surface area contributed by atoms with E-state index in [2.05, 4.69) is 33.3 Å². The van der Waals surface area contributed by atoms with Gasteiger partial charge in [-0.05, 0) is 23.8 Å². The van der Waals surface area contributed by atoms with E-state index >= 15 is 0 Å². The Bertz CT molecular complexity index is 961. The van der Waals surface area contributed by atoms with Crippen LogP contribution >= 0.6 is 11.3 Å². The van der Waals surface area contributed by atoms with Crippen LogP contribution in [0.4, 0.5) is 0 Å². The van der Waals surface area contributed by atoms with Gasteiger partial charge in [0.15, 0.2) is 0 Å². The number of aromatic nitrogens is 4. The van der Waals surface area contributed by atoms with Gasteiger partial charge in [0.25, 0.3) is 0 Å². The number of ether oxygens (including phenoxy) is 1. The van der Waals surface area contributed by atoms with Crippen LogP contribution in [0.5, 0.6) is 5.88 Å². The van der Waals surface area contributed by atoms with Crippen LogP contribution in [0.15, 0.2) is 66.4 Å². The molecule has 124 valence electrons. The van der Waals surface area contributed by atoms with E-state index in [-0.39, 0.29) is 0 Å². The molecule has 0 amide bonds. The average Bonchev–Trinajstić information content (AvgIpc) is 3.34. The van der Waals surface area contributed by atoms with Gasteiger partial charge in [-0.3, -0.25) is 4.68 Å². The number of hydrogen-bond donors (Lipinski definition) is 0. The van der Waals surface area contributed by atoms with Crippen molar-refractivity contribution in [2.24, 2.45) is 0 Å². The van der Waals surface area contributed by atoms with Crippen LogP contribution in [-0.2, 0) is 6.54 Å². The lowest BCUT2D eigenvalue weighted by Crippen LogP contribution is -1.99. The highest BCUT2D eigenvalue weighted by molar-refractivity contribution is 7.09. The van der Waals surface area contributed by atoms with E-state index in [0.717, 1.165) is 27.4 Å². The molecule has 4 rings (SSSR count). The molecule has 0 N–H and O–H groups in total. The summed E-state index contributed by atoms with van der Waals surface area (Å²) in [7, 11) is 1.62. The summed E-state index contributed by atoms with van der Waals surface area (Å²) in [6.45, 7) is 0.694. The molecule has 4 aromatic rings. The van der Waals surface area contributed by atoms with E-state index < -0.39 is 0 Å². The van der Waals surface area contributed by atoms with Gasteiger partial charge in [-0.15, -0.1) is 11.3 Å². The molecule has 0 aliphatic heterocycles. The minimum absolute atomic E-state index is 0.612. The molecule has 1 aromatic carbocycles. The summed E-state index contributed by atoms with van der Waals surface area (Å²) in [5.41, 5.74) is 4.16. The van der Waals surface area contributed by atoms with Crippen molar-refractivity contribution in [3.05, 3.63) is 71.4 Å². The summed E-state index contributed by atoms with van der Waals surface area (Å²) in [6, 6.07) is 14.2. The van der Waals surface area contributed by atoms with Crippen molar-refractivity contribution in [1.82, 2.24) is 19.7 Å². The number of thiazole rings is 1. The lowest BCUT2D eigenvalue weighted by molar-refractivity contribution is 0.398. The van der Waals surface area contributed by atoms with E-state index in [1.807, 2.05) is 52.9 Å². The lowest BCUT2D eigenvalue weighted by atomic mass is 10.0. The Morgan fingerprint density at radius 2 is 1.96 bits per heavy atom. The van der Waals surface area contributed by atoms with Crippen molar-refractivity contribution in [1.29, 1.82) is 0 Å². The minimum Gasteiger partial charge on any atom is -0.481 e. The molecule has 0 bridgehead atoms. The summed E-state index contributed by atoms with van der Waals surface area (Å²) >= 11 is 1.64. The second-order valence-corrected chi connectivity index (χ2v) is 6.47. The van der Waals surface area contributed by atoms with Crippen molar-refractivity contribution >= 4 is 11.3 Å². The topological polar surface area (TPSA) is 52.8 Å². The Balaban J connectivity index is 1.59. The molecule has 3 aromatic heterocycles. The number of benzene rings is 1. The molecular formula is C19H16N4OS. The van der Waals surface area contributed by atoms with E-state index in [1.165, 1.54) is 0 Å².